The van der Waals surface area contributed by atoms with Crippen molar-refractivity contribution in [3.8, 4) is 0 Å². The van der Waals surface area contributed by atoms with E-state index in [-0.39, 0.29) is 29.0 Å². The average Bonchev–Trinajstić information content (AvgIpc) is 2.14. The van der Waals surface area contributed by atoms with Crippen LogP contribution >= 0.6 is 11.6 Å². The van der Waals surface area contributed by atoms with E-state index in [1.165, 1.54) is 0 Å². The number of primary sulfonamides is 1. The number of anilines is 1. The van der Waals surface area contributed by atoms with E-state index in [2.05, 4.69) is 10.3 Å². The van der Waals surface area contributed by atoms with Crippen LogP contribution in [0, 0.1) is 10.1 Å². The molecule has 0 aliphatic rings. The first-order chi connectivity index (χ1) is 7.78. The molecule has 1 aromatic heterocycles. The van der Waals surface area contributed by atoms with Gasteiger partial charge in [0.2, 0.25) is 10.0 Å². The SMILES string of the molecule is NS(=O)(=O)CCNc1cc([N+](=O)[O-])cc(Cl)n1. The highest BCUT2D eigenvalue weighted by Crippen LogP contribution is 2.20. The summed E-state index contributed by atoms with van der Waals surface area (Å²) in [5.74, 6) is -0.192. The van der Waals surface area contributed by atoms with E-state index < -0.39 is 14.9 Å². The van der Waals surface area contributed by atoms with Crippen molar-refractivity contribution in [2.24, 2.45) is 5.14 Å². The van der Waals surface area contributed by atoms with Crippen molar-refractivity contribution in [2.75, 3.05) is 17.6 Å². The second kappa shape index (κ2) is 5.25. The van der Waals surface area contributed by atoms with Crippen LogP contribution in [-0.4, -0.2) is 30.6 Å². The highest BCUT2D eigenvalue weighted by atomic mass is 35.5. The van der Waals surface area contributed by atoms with E-state index >= 15 is 0 Å². The molecule has 0 atom stereocenters. The fourth-order valence-corrected chi connectivity index (χ4v) is 1.59. The number of nitrogens with one attached hydrogen (secondary N) is 1. The fourth-order valence-electron chi connectivity index (χ4n) is 1.00. The molecule has 0 fully saturated rings. The van der Waals surface area contributed by atoms with Gasteiger partial charge >= 0.3 is 0 Å². The average molecular weight is 281 g/mol. The fraction of sp³-hybridized carbons (Fsp3) is 0.286. The third-order valence-electron chi connectivity index (χ3n) is 1.68. The molecule has 0 saturated carbocycles. The molecule has 1 aromatic rings. The Balaban J connectivity index is 2.75. The zero-order valence-corrected chi connectivity index (χ0v) is 10.0. The lowest BCUT2D eigenvalue weighted by Gasteiger charge is -2.04. The van der Waals surface area contributed by atoms with Crippen LogP contribution in [0.5, 0.6) is 0 Å². The lowest BCUT2D eigenvalue weighted by molar-refractivity contribution is -0.384. The summed E-state index contributed by atoms with van der Waals surface area (Å²) in [5.41, 5.74) is -0.233. The standard InChI is InChI=1S/C7H9ClN4O4S/c8-6-3-5(12(13)14)4-7(11-6)10-1-2-17(9,15)16/h3-4H,1-2H2,(H,10,11)(H2,9,15,16). The Bertz CT molecular complexity index is 533. The van der Waals surface area contributed by atoms with Crippen molar-refractivity contribution in [2.45, 2.75) is 0 Å². The van der Waals surface area contributed by atoms with E-state index in [1.54, 1.807) is 0 Å². The number of nitro groups is 1. The Kier molecular flexibility index (Phi) is 4.21. The first-order valence-electron chi connectivity index (χ1n) is 4.34. The minimum atomic E-state index is -3.59. The van der Waals surface area contributed by atoms with Gasteiger partial charge < -0.3 is 5.32 Å². The van der Waals surface area contributed by atoms with Gasteiger partial charge in [0, 0.05) is 6.54 Å². The highest BCUT2D eigenvalue weighted by Gasteiger charge is 2.10. The van der Waals surface area contributed by atoms with Gasteiger partial charge in [0.25, 0.3) is 5.69 Å². The van der Waals surface area contributed by atoms with Crippen molar-refractivity contribution in [1.29, 1.82) is 0 Å². The van der Waals surface area contributed by atoms with E-state index in [9.17, 15) is 18.5 Å². The number of halogens is 1. The third-order valence-corrected chi connectivity index (χ3v) is 2.65. The zero-order valence-electron chi connectivity index (χ0n) is 8.46. The quantitative estimate of drug-likeness (QED) is 0.455. The van der Waals surface area contributed by atoms with Gasteiger partial charge in [-0.1, -0.05) is 11.6 Å². The van der Waals surface area contributed by atoms with Gasteiger partial charge in [-0.3, -0.25) is 10.1 Å². The Hall–Kier alpha value is -1.45. The first kappa shape index (κ1) is 13.6. The summed E-state index contributed by atoms with van der Waals surface area (Å²) in [6.07, 6.45) is 0. The molecule has 0 spiro atoms. The topological polar surface area (TPSA) is 128 Å². The maximum atomic E-state index is 10.6. The molecular weight excluding hydrogens is 272 g/mol. The van der Waals surface area contributed by atoms with E-state index in [0.717, 1.165) is 12.1 Å². The smallest absolute Gasteiger partial charge is 0.276 e. The maximum absolute atomic E-state index is 10.6. The van der Waals surface area contributed by atoms with Gasteiger partial charge in [-0.15, -0.1) is 0 Å². The highest BCUT2D eigenvalue weighted by molar-refractivity contribution is 7.89. The van der Waals surface area contributed by atoms with Crippen LogP contribution in [0.3, 0.4) is 0 Å². The van der Waals surface area contributed by atoms with Crippen LogP contribution in [0.1, 0.15) is 0 Å². The molecule has 94 valence electrons. The van der Waals surface area contributed by atoms with Crippen molar-refractivity contribution in [3.05, 3.63) is 27.4 Å². The minimum absolute atomic E-state index is 0.0106. The van der Waals surface area contributed by atoms with Crippen LogP contribution < -0.4 is 10.5 Å². The molecule has 0 saturated heterocycles. The predicted molar refractivity (Wildman–Crippen MR) is 62.4 cm³/mol. The number of rotatable bonds is 5. The molecule has 1 rings (SSSR count). The van der Waals surface area contributed by atoms with Crippen molar-refractivity contribution >= 4 is 33.1 Å². The number of hydrogen-bond acceptors (Lipinski definition) is 6. The second-order valence-electron chi connectivity index (χ2n) is 3.08. The summed E-state index contributed by atoms with van der Waals surface area (Å²) in [5, 5.41) is 17.8. The third kappa shape index (κ3) is 4.93. The lowest BCUT2D eigenvalue weighted by atomic mass is 10.4. The number of hydrogen-bond donors (Lipinski definition) is 2. The van der Waals surface area contributed by atoms with Crippen molar-refractivity contribution < 1.29 is 13.3 Å². The monoisotopic (exact) mass is 280 g/mol. The normalized spacial score (nSPS) is 11.2. The number of sulfonamides is 1. The van der Waals surface area contributed by atoms with E-state index in [4.69, 9.17) is 16.7 Å². The van der Waals surface area contributed by atoms with Crippen molar-refractivity contribution in [3.63, 3.8) is 0 Å². The van der Waals surface area contributed by atoms with Gasteiger partial charge in [0.15, 0.2) is 0 Å². The minimum Gasteiger partial charge on any atom is -0.369 e. The van der Waals surface area contributed by atoms with Gasteiger partial charge in [0.1, 0.15) is 11.0 Å². The predicted octanol–water partition coefficient (Wildman–Crippen LogP) is 0.344. The second-order valence-corrected chi connectivity index (χ2v) is 5.21. The summed E-state index contributed by atoms with van der Waals surface area (Å²) < 4.78 is 21.3. The van der Waals surface area contributed by atoms with Gasteiger partial charge in [-0.05, 0) is 0 Å². The summed E-state index contributed by atoms with van der Waals surface area (Å²) in [4.78, 5) is 13.6. The Morgan fingerprint density at radius 2 is 2.18 bits per heavy atom. The van der Waals surface area contributed by atoms with Crippen LogP contribution in [0.15, 0.2) is 12.1 Å². The molecular formula is C7H9ClN4O4S. The number of nitrogens with two attached hydrogens (primary N) is 1. The molecule has 10 heteroatoms. The molecule has 0 aliphatic heterocycles. The van der Waals surface area contributed by atoms with Crippen LogP contribution in [0.25, 0.3) is 0 Å². The van der Waals surface area contributed by atoms with Crippen LogP contribution in [-0.2, 0) is 10.0 Å². The molecule has 0 aromatic carbocycles. The summed E-state index contributed by atoms with van der Waals surface area (Å²) in [7, 11) is -3.59. The molecule has 0 unspecified atom stereocenters. The first-order valence-corrected chi connectivity index (χ1v) is 6.43. The van der Waals surface area contributed by atoms with E-state index in [1.807, 2.05) is 0 Å². The molecule has 0 bridgehead atoms. The Labute approximate surface area is 102 Å². The Morgan fingerprint density at radius 1 is 1.53 bits per heavy atom. The van der Waals surface area contributed by atoms with Crippen molar-refractivity contribution in [1.82, 2.24) is 4.98 Å². The molecule has 8 nitrogen and oxygen atoms in total. The molecule has 1 heterocycles. The molecule has 3 N–H and O–H groups in total. The molecule has 17 heavy (non-hydrogen) atoms. The largest absolute Gasteiger partial charge is 0.369 e. The summed E-state index contributed by atoms with van der Waals surface area (Å²) >= 11 is 5.56. The van der Waals surface area contributed by atoms with Gasteiger partial charge in [-0.2, -0.15) is 0 Å². The number of aromatic nitrogens is 1. The van der Waals surface area contributed by atoms with E-state index in [0.29, 0.717) is 0 Å². The van der Waals surface area contributed by atoms with Gasteiger partial charge in [-0.25, -0.2) is 18.5 Å². The maximum Gasteiger partial charge on any atom is 0.276 e. The summed E-state index contributed by atoms with van der Waals surface area (Å²) in [6, 6.07) is 2.24. The molecule has 0 radical (unpaired) electrons. The van der Waals surface area contributed by atoms with Crippen LogP contribution in [0.2, 0.25) is 5.15 Å². The number of pyridine rings is 1. The summed E-state index contributed by atoms with van der Waals surface area (Å²) in [6.45, 7) is -0.0106. The lowest BCUT2D eigenvalue weighted by Crippen LogP contribution is -2.22. The number of nitrogens with zero attached hydrogens (tertiary/aromatic N) is 2. The Morgan fingerprint density at radius 3 is 2.71 bits per heavy atom. The van der Waals surface area contributed by atoms with Gasteiger partial charge in [0.05, 0.1) is 22.8 Å². The zero-order chi connectivity index (χ0) is 13.1. The van der Waals surface area contributed by atoms with Crippen LogP contribution in [0.4, 0.5) is 11.5 Å². The molecule has 0 amide bonds. The molecule has 0 aliphatic carbocycles.